The highest BCUT2D eigenvalue weighted by Gasteiger charge is 2.41. The van der Waals surface area contributed by atoms with Crippen LogP contribution in [0.3, 0.4) is 0 Å². The van der Waals surface area contributed by atoms with Gasteiger partial charge in [-0.25, -0.2) is 9.50 Å². The van der Waals surface area contributed by atoms with Crippen LogP contribution in [0.25, 0.3) is 5.65 Å². The van der Waals surface area contributed by atoms with Crippen LogP contribution < -0.4 is 5.56 Å². The van der Waals surface area contributed by atoms with Crippen molar-refractivity contribution in [2.24, 2.45) is 11.8 Å². The fourth-order valence-electron chi connectivity index (χ4n) is 5.21. The number of carbonyl (C=O) groups excluding carboxylic acids is 1. The van der Waals surface area contributed by atoms with E-state index in [-0.39, 0.29) is 23.4 Å². The van der Waals surface area contributed by atoms with Crippen molar-refractivity contribution in [3.8, 4) is 0 Å². The number of rotatable bonds is 4. The van der Waals surface area contributed by atoms with Gasteiger partial charge in [-0.2, -0.15) is 5.10 Å². The Morgan fingerprint density at radius 3 is 2.93 bits per heavy atom. The van der Waals surface area contributed by atoms with Gasteiger partial charge >= 0.3 is 0 Å². The second-order valence-electron chi connectivity index (χ2n) is 9.08. The zero-order chi connectivity index (χ0) is 20.8. The molecule has 5 rings (SSSR count). The highest BCUT2D eigenvalue weighted by Crippen LogP contribution is 2.43. The van der Waals surface area contributed by atoms with E-state index in [2.05, 4.69) is 30.0 Å². The number of likely N-dealkylation sites (tertiary alicyclic amines) is 1. The van der Waals surface area contributed by atoms with Gasteiger partial charge in [0.05, 0.1) is 0 Å². The smallest absolute Gasteiger partial charge is 0.254 e. The molecule has 1 saturated heterocycles. The maximum atomic E-state index is 13.3. The molecule has 0 unspecified atom stereocenters. The molecule has 3 aromatic heterocycles. The molecule has 0 aromatic carbocycles. The topological polar surface area (TPSA) is 72.5 Å². The number of hydrogen-bond acceptors (Lipinski definition) is 4. The zero-order valence-corrected chi connectivity index (χ0v) is 17.4. The molecule has 2 aliphatic heterocycles. The fourth-order valence-corrected chi connectivity index (χ4v) is 5.21. The van der Waals surface area contributed by atoms with Crippen LogP contribution in [0.15, 0.2) is 47.7 Å². The number of fused-ring (bicyclic) bond motifs is 5. The van der Waals surface area contributed by atoms with Gasteiger partial charge in [0.1, 0.15) is 6.33 Å². The summed E-state index contributed by atoms with van der Waals surface area (Å²) < 4.78 is 3.69. The van der Waals surface area contributed by atoms with Gasteiger partial charge in [0.25, 0.3) is 11.5 Å². The van der Waals surface area contributed by atoms with Gasteiger partial charge in [0.15, 0.2) is 5.65 Å². The first-order valence-corrected chi connectivity index (χ1v) is 10.8. The number of aromatic nitrogens is 4. The number of pyridine rings is 2. The van der Waals surface area contributed by atoms with Crippen molar-refractivity contribution in [2.45, 2.75) is 45.1 Å². The Kier molecular flexibility index (Phi) is 4.68. The van der Waals surface area contributed by atoms with Crippen LogP contribution in [0.5, 0.6) is 0 Å². The largest absolute Gasteiger partial charge is 0.338 e. The molecule has 3 aromatic rings. The molecule has 5 heterocycles. The van der Waals surface area contributed by atoms with Gasteiger partial charge in [-0.1, -0.05) is 19.9 Å². The van der Waals surface area contributed by atoms with Crippen LogP contribution >= 0.6 is 0 Å². The molecule has 1 amide bonds. The second kappa shape index (κ2) is 7.38. The van der Waals surface area contributed by atoms with E-state index in [1.807, 2.05) is 21.6 Å². The van der Waals surface area contributed by atoms with Crippen LogP contribution in [0.2, 0.25) is 0 Å². The van der Waals surface area contributed by atoms with Crippen LogP contribution in [-0.2, 0) is 0 Å². The van der Waals surface area contributed by atoms with Gasteiger partial charge < -0.3 is 9.47 Å². The molecule has 0 saturated carbocycles. The van der Waals surface area contributed by atoms with E-state index in [0.717, 1.165) is 25.0 Å². The number of piperidine rings is 1. The van der Waals surface area contributed by atoms with Crippen molar-refractivity contribution in [2.75, 3.05) is 13.1 Å². The summed E-state index contributed by atoms with van der Waals surface area (Å²) in [4.78, 5) is 32.3. The van der Waals surface area contributed by atoms with E-state index in [1.165, 1.54) is 6.33 Å². The first-order chi connectivity index (χ1) is 14.5. The average molecular weight is 406 g/mol. The standard InChI is InChI=1S/C23H27N5O2/c1-15(2)6-7-20-18-10-17(19-4-3-5-22(29)28(19)20)12-26(13-18)23(30)16-8-9-27-21(11-16)24-14-25-27/h3-5,8-9,11,14-15,17-18,20H,6-7,10,12-13H2,1-2H3/t17-,18+,20+/m1/s1. The Balaban J connectivity index is 1.47. The number of hydrogen-bond donors (Lipinski definition) is 0. The monoisotopic (exact) mass is 405 g/mol. The van der Waals surface area contributed by atoms with E-state index in [1.54, 1.807) is 22.8 Å². The summed E-state index contributed by atoms with van der Waals surface area (Å²) >= 11 is 0. The molecule has 0 spiro atoms. The molecule has 30 heavy (non-hydrogen) atoms. The van der Waals surface area contributed by atoms with Crippen molar-refractivity contribution in [3.05, 3.63) is 64.5 Å². The quantitative estimate of drug-likeness (QED) is 0.669. The van der Waals surface area contributed by atoms with E-state index in [4.69, 9.17) is 0 Å². The summed E-state index contributed by atoms with van der Waals surface area (Å²) in [6, 6.07) is 9.36. The van der Waals surface area contributed by atoms with Crippen molar-refractivity contribution >= 4 is 11.6 Å². The highest BCUT2D eigenvalue weighted by atomic mass is 16.2. The van der Waals surface area contributed by atoms with E-state index in [0.29, 0.717) is 36.1 Å². The van der Waals surface area contributed by atoms with Crippen molar-refractivity contribution < 1.29 is 4.79 Å². The molecule has 0 radical (unpaired) electrons. The lowest BCUT2D eigenvalue weighted by Gasteiger charge is -2.47. The highest BCUT2D eigenvalue weighted by molar-refractivity contribution is 5.95. The summed E-state index contributed by atoms with van der Waals surface area (Å²) in [5, 5.41) is 4.10. The molecule has 1 fully saturated rings. The van der Waals surface area contributed by atoms with Crippen LogP contribution in [0.1, 0.15) is 61.1 Å². The van der Waals surface area contributed by atoms with Gasteiger partial charge in [0, 0.05) is 48.6 Å². The molecule has 0 N–H and O–H groups in total. The molecule has 2 bridgehead atoms. The van der Waals surface area contributed by atoms with Gasteiger partial charge in [-0.15, -0.1) is 0 Å². The normalized spacial score (nSPS) is 23.0. The minimum absolute atomic E-state index is 0.0320. The molecular weight excluding hydrogens is 378 g/mol. The van der Waals surface area contributed by atoms with Crippen LogP contribution in [-0.4, -0.2) is 43.1 Å². The van der Waals surface area contributed by atoms with Gasteiger partial charge in [-0.05, 0) is 49.3 Å². The number of nitrogens with zero attached hydrogens (tertiary/aromatic N) is 5. The second-order valence-corrected chi connectivity index (χ2v) is 9.08. The Hall–Kier alpha value is -2.96. The summed E-state index contributed by atoms with van der Waals surface area (Å²) in [7, 11) is 0. The molecule has 3 atom stereocenters. The Morgan fingerprint density at radius 2 is 2.10 bits per heavy atom. The molecule has 156 valence electrons. The third-order valence-corrected chi connectivity index (χ3v) is 6.65. The summed E-state index contributed by atoms with van der Waals surface area (Å²) in [5.41, 5.74) is 2.48. The third kappa shape index (κ3) is 3.22. The maximum absolute atomic E-state index is 13.3. The van der Waals surface area contributed by atoms with Gasteiger partial charge in [-0.3, -0.25) is 9.59 Å². The summed E-state index contributed by atoms with van der Waals surface area (Å²) in [6.45, 7) is 5.78. The lowest BCUT2D eigenvalue weighted by molar-refractivity contribution is 0.0513. The molecule has 2 aliphatic rings. The minimum Gasteiger partial charge on any atom is -0.338 e. The third-order valence-electron chi connectivity index (χ3n) is 6.65. The van der Waals surface area contributed by atoms with E-state index in [9.17, 15) is 9.59 Å². The predicted molar refractivity (Wildman–Crippen MR) is 114 cm³/mol. The maximum Gasteiger partial charge on any atom is 0.254 e. The average Bonchev–Trinajstić information content (AvgIpc) is 3.21. The Morgan fingerprint density at radius 1 is 1.23 bits per heavy atom. The molecule has 7 heteroatoms. The van der Waals surface area contributed by atoms with Crippen LogP contribution in [0, 0.1) is 11.8 Å². The summed E-state index contributed by atoms with van der Waals surface area (Å²) in [6.07, 6.45) is 6.35. The Bertz CT molecular complexity index is 1150. The van der Waals surface area contributed by atoms with Gasteiger partial charge in [0.2, 0.25) is 0 Å². The van der Waals surface area contributed by atoms with Crippen molar-refractivity contribution in [1.82, 2.24) is 24.1 Å². The van der Waals surface area contributed by atoms with E-state index >= 15 is 0 Å². The van der Waals surface area contributed by atoms with Crippen molar-refractivity contribution in [1.29, 1.82) is 0 Å². The number of amides is 1. The number of carbonyl (C=O) groups is 1. The Labute approximate surface area is 175 Å². The lowest BCUT2D eigenvalue weighted by Crippen LogP contribution is -2.51. The predicted octanol–water partition coefficient (Wildman–Crippen LogP) is 3.13. The fraction of sp³-hybridized carbons (Fsp3) is 0.478. The minimum atomic E-state index is 0.0320. The summed E-state index contributed by atoms with van der Waals surface area (Å²) in [5.74, 6) is 1.12. The molecular formula is C23H27N5O2. The lowest BCUT2D eigenvalue weighted by atomic mass is 9.76. The van der Waals surface area contributed by atoms with E-state index < -0.39 is 0 Å². The molecule has 7 nitrogen and oxygen atoms in total. The van der Waals surface area contributed by atoms with Crippen LogP contribution in [0.4, 0.5) is 0 Å². The zero-order valence-electron chi connectivity index (χ0n) is 17.4. The molecule has 0 aliphatic carbocycles. The first-order valence-electron chi connectivity index (χ1n) is 10.8. The van der Waals surface area contributed by atoms with Crippen molar-refractivity contribution in [3.63, 3.8) is 0 Å². The SMILES string of the molecule is CC(C)CC[C@H]1[C@H]2C[C@H](CN(C(=O)c3ccn4ncnc4c3)C2)c2cccc(=O)n21. The first kappa shape index (κ1) is 19.0.